The third-order valence-electron chi connectivity index (χ3n) is 4.73. The maximum atomic E-state index is 12.8. The highest BCUT2D eigenvalue weighted by molar-refractivity contribution is 5.97. The molecule has 0 unspecified atom stereocenters. The lowest BCUT2D eigenvalue weighted by Gasteiger charge is -2.38. The average molecular weight is 317 g/mol. The summed E-state index contributed by atoms with van der Waals surface area (Å²) < 4.78 is 5.73. The number of ether oxygens (including phenoxy) is 1. The number of nitrogens with zero attached hydrogens (tertiary/aromatic N) is 2. The Hall–Kier alpha value is -1.59. The monoisotopic (exact) mass is 317 g/mol. The first kappa shape index (κ1) is 16.3. The van der Waals surface area contributed by atoms with Gasteiger partial charge in [0, 0.05) is 38.8 Å². The van der Waals surface area contributed by atoms with Gasteiger partial charge in [-0.3, -0.25) is 9.69 Å². The quantitative estimate of drug-likeness (QED) is 0.896. The van der Waals surface area contributed by atoms with Crippen molar-refractivity contribution in [3.8, 4) is 5.75 Å². The lowest BCUT2D eigenvalue weighted by atomic mass is 10.1. The summed E-state index contributed by atoms with van der Waals surface area (Å²) in [4.78, 5) is 17.3. The van der Waals surface area contributed by atoms with Gasteiger partial charge in [0.25, 0.3) is 5.91 Å². The lowest BCUT2D eigenvalue weighted by Crippen LogP contribution is -2.52. The molecular weight excluding hydrogens is 290 g/mol. The van der Waals surface area contributed by atoms with Crippen LogP contribution in [0.25, 0.3) is 0 Å². The van der Waals surface area contributed by atoms with Gasteiger partial charge < -0.3 is 15.0 Å². The molecule has 2 saturated heterocycles. The smallest absolute Gasteiger partial charge is 0.257 e. The number of carbonyl (C=O) groups excluding carboxylic acids is 1. The van der Waals surface area contributed by atoms with Crippen LogP contribution >= 0.6 is 0 Å². The minimum Gasteiger partial charge on any atom is -0.493 e. The molecule has 2 aliphatic rings. The number of hydrogen-bond donors (Lipinski definition) is 1. The van der Waals surface area contributed by atoms with Gasteiger partial charge in [-0.2, -0.15) is 0 Å². The van der Waals surface area contributed by atoms with Crippen LogP contribution in [-0.4, -0.2) is 67.6 Å². The first-order chi connectivity index (χ1) is 11.3. The van der Waals surface area contributed by atoms with Crippen molar-refractivity contribution in [2.24, 2.45) is 0 Å². The van der Waals surface area contributed by atoms with Gasteiger partial charge in [0.1, 0.15) is 5.75 Å². The Morgan fingerprint density at radius 2 is 2.04 bits per heavy atom. The number of carbonyl (C=O) groups is 1. The van der Waals surface area contributed by atoms with E-state index < -0.39 is 0 Å². The highest BCUT2D eigenvalue weighted by Gasteiger charge is 2.28. The molecule has 0 aliphatic carbocycles. The Bertz CT molecular complexity index is 521. The second-order valence-electron chi connectivity index (χ2n) is 6.32. The molecule has 0 saturated carbocycles. The first-order valence-corrected chi connectivity index (χ1v) is 8.75. The molecule has 2 fully saturated rings. The predicted molar refractivity (Wildman–Crippen MR) is 91.0 cm³/mol. The first-order valence-electron chi connectivity index (χ1n) is 8.75. The molecule has 0 spiro atoms. The van der Waals surface area contributed by atoms with Gasteiger partial charge in [-0.1, -0.05) is 19.1 Å². The van der Waals surface area contributed by atoms with E-state index in [0.29, 0.717) is 24.0 Å². The maximum absolute atomic E-state index is 12.8. The Morgan fingerprint density at radius 3 is 2.74 bits per heavy atom. The van der Waals surface area contributed by atoms with Gasteiger partial charge in [-0.15, -0.1) is 0 Å². The van der Waals surface area contributed by atoms with Gasteiger partial charge in [-0.25, -0.2) is 0 Å². The van der Waals surface area contributed by atoms with E-state index in [1.165, 1.54) is 6.42 Å². The van der Waals surface area contributed by atoms with Gasteiger partial charge in [0.15, 0.2) is 0 Å². The molecule has 0 aromatic heterocycles. The summed E-state index contributed by atoms with van der Waals surface area (Å²) in [6.45, 7) is 8.46. The molecule has 5 nitrogen and oxygen atoms in total. The van der Waals surface area contributed by atoms with E-state index in [2.05, 4.69) is 17.1 Å². The molecule has 1 atom stereocenters. The molecule has 126 valence electrons. The Kier molecular flexibility index (Phi) is 5.51. The Balaban J connectivity index is 1.61. The normalized spacial score (nSPS) is 22.3. The molecule has 0 radical (unpaired) electrons. The summed E-state index contributed by atoms with van der Waals surface area (Å²) in [5, 5.41) is 3.42. The Labute approximate surface area is 138 Å². The van der Waals surface area contributed by atoms with Crippen molar-refractivity contribution in [1.82, 2.24) is 15.1 Å². The summed E-state index contributed by atoms with van der Waals surface area (Å²) in [6, 6.07) is 8.25. The van der Waals surface area contributed by atoms with Crippen molar-refractivity contribution in [3.05, 3.63) is 29.8 Å². The molecule has 1 aromatic rings. The average Bonchev–Trinajstić information content (AvgIpc) is 3.14. The fraction of sp³-hybridized carbons (Fsp3) is 0.611. The van der Waals surface area contributed by atoms with Crippen molar-refractivity contribution in [1.29, 1.82) is 0 Å². The molecule has 1 aromatic carbocycles. The van der Waals surface area contributed by atoms with Crippen LogP contribution in [0, 0.1) is 0 Å². The van der Waals surface area contributed by atoms with Crippen molar-refractivity contribution in [3.63, 3.8) is 0 Å². The molecule has 2 heterocycles. The molecule has 5 heteroatoms. The van der Waals surface area contributed by atoms with E-state index in [1.807, 2.05) is 29.2 Å². The summed E-state index contributed by atoms with van der Waals surface area (Å²) >= 11 is 0. The fourth-order valence-electron chi connectivity index (χ4n) is 3.39. The summed E-state index contributed by atoms with van der Waals surface area (Å²) in [5.74, 6) is 0.808. The minimum atomic E-state index is 0.0981. The topological polar surface area (TPSA) is 44.8 Å². The highest BCUT2D eigenvalue weighted by Crippen LogP contribution is 2.21. The maximum Gasteiger partial charge on any atom is 0.257 e. The van der Waals surface area contributed by atoms with Crippen molar-refractivity contribution in [2.45, 2.75) is 25.8 Å². The van der Waals surface area contributed by atoms with Crippen molar-refractivity contribution >= 4 is 5.91 Å². The van der Waals surface area contributed by atoms with Crippen LogP contribution < -0.4 is 10.1 Å². The van der Waals surface area contributed by atoms with E-state index in [-0.39, 0.29) is 5.91 Å². The second kappa shape index (κ2) is 7.79. The fourth-order valence-corrected chi connectivity index (χ4v) is 3.39. The number of rotatable bonds is 5. The van der Waals surface area contributed by atoms with Crippen LogP contribution in [0.1, 0.15) is 30.1 Å². The van der Waals surface area contributed by atoms with Crippen LogP contribution in [0.4, 0.5) is 0 Å². The summed E-state index contributed by atoms with van der Waals surface area (Å²) in [6.07, 6.45) is 2.16. The van der Waals surface area contributed by atoms with Gasteiger partial charge in [0.05, 0.1) is 12.2 Å². The van der Waals surface area contributed by atoms with Crippen molar-refractivity contribution in [2.75, 3.05) is 45.9 Å². The molecule has 0 bridgehead atoms. The number of benzene rings is 1. The molecule has 1 amide bonds. The highest BCUT2D eigenvalue weighted by atomic mass is 16.5. The second-order valence-corrected chi connectivity index (χ2v) is 6.32. The minimum absolute atomic E-state index is 0.0981. The van der Waals surface area contributed by atoms with Crippen LogP contribution in [0.3, 0.4) is 0 Å². The molecule has 2 aliphatic heterocycles. The largest absolute Gasteiger partial charge is 0.493 e. The van der Waals surface area contributed by atoms with Gasteiger partial charge in [-0.05, 0) is 31.5 Å². The van der Waals surface area contributed by atoms with E-state index in [9.17, 15) is 4.79 Å². The Morgan fingerprint density at radius 1 is 1.26 bits per heavy atom. The molecular formula is C18H27N3O2. The van der Waals surface area contributed by atoms with E-state index in [0.717, 1.165) is 45.7 Å². The zero-order valence-electron chi connectivity index (χ0n) is 14.0. The number of para-hydroxylation sites is 1. The number of nitrogens with one attached hydrogen (secondary N) is 1. The van der Waals surface area contributed by atoms with Crippen LogP contribution in [0.15, 0.2) is 24.3 Å². The summed E-state index contributed by atoms with van der Waals surface area (Å²) in [7, 11) is 0. The standard InChI is InChI=1S/C18H27N3O2/c1-2-13-23-17-6-4-3-5-16(17)18(22)21-11-9-20(10-12-21)15-7-8-19-14-15/h3-6,15,19H,2,7-14H2,1H3/t15-/m0/s1. The lowest BCUT2D eigenvalue weighted by molar-refractivity contribution is 0.0580. The van der Waals surface area contributed by atoms with Crippen LogP contribution in [0.2, 0.25) is 0 Å². The third kappa shape index (κ3) is 3.85. The van der Waals surface area contributed by atoms with Gasteiger partial charge in [0.2, 0.25) is 0 Å². The SMILES string of the molecule is CCCOc1ccccc1C(=O)N1CCN([C@H]2CCNC2)CC1. The van der Waals surface area contributed by atoms with E-state index >= 15 is 0 Å². The predicted octanol–water partition coefficient (Wildman–Crippen LogP) is 1.60. The molecule has 1 N–H and O–H groups in total. The third-order valence-corrected chi connectivity index (χ3v) is 4.73. The number of piperazine rings is 1. The summed E-state index contributed by atoms with van der Waals surface area (Å²) in [5.41, 5.74) is 0.692. The van der Waals surface area contributed by atoms with E-state index in [1.54, 1.807) is 0 Å². The molecule has 3 rings (SSSR count). The van der Waals surface area contributed by atoms with Crippen molar-refractivity contribution < 1.29 is 9.53 Å². The van der Waals surface area contributed by atoms with Crippen LogP contribution in [0.5, 0.6) is 5.75 Å². The van der Waals surface area contributed by atoms with Gasteiger partial charge >= 0.3 is 0 Å². The zero-order valence-corrected chi connectivity index (χ0v) is 14.0. The zero-order chi connectivity index (χ0) is 16.1. The number of hydrogen-bond acceptors (Lipinski definition) is 4. The van der Waals surface area contributed by atoms with Crippen LogP contribution in [-0.2, 0) is 0 Å². The number of amides is 1. The molecule has 23 heavy (non-hydrogen) atoms. The van der Waals surface area contributed by atoms with E-state index in [4.69, 9.17) is 4.74 Å².